The van der Waals surface area contributed by atoms with E-state index < -0.39 is 0 Å². The fraction of sp³-hybridized carbons (Fsp3) is 0.556. The van der Waals surface area contributed by atoms with Crippen LogP contribution in [0.4, 0.5) is 0 Å². The molecular weight excluding hydrogens is 136 g/mol. The van der Waals surface area contributed by atoms with E-state index in [0.29, 0.717) is 5.92 Å². The summed E-state index contributed by atoms with van der Waals surface area (Å²) in [6.07, 6.45) is 3.36. The van der Waals surface area contributed by atoms with Crippen LogP contribution in [0.2, 0.25) is 0 Å². The van der Waals surface area contributed by atoms with Crippen molar-refractivity contribution >= 4 is 11.9 Å². The predicted octanol–water partition coefficient (Wildman–Crippen LogP) is 2.32. The molecule has 0 fully saturated rings. The maximum Gasteiger partial charge on any atom is 0.0606 e. The van der Waals surface area contributed by atoms with Gasteiger partial charge in [0.25, 0.3) is 0 Å². The summed E-state index contributed by atoms with van der Waals surface area (Å²) in [4.78, 5) is 8.20. The molecule has 2 heteroatoms. The largest absolute Gasteiger partial charge is 0.292 e. The minimum Gasteiger partial charge on any atom is -0.292 e. The van der Waals surface area contributed by atoms with Crippen molar-refractivity contribution in [3.05, 3.63) is 12.8 Å². The lowest BCUT2D eigenvalue weighted by atomic mass is 10.1. The van der Waals surface area contributed by atoms with Gasteiger partial charge in [0.05, 0.1) is 5.71 Å². The maximum absolute atomic E-state index is 4.11. The molecule has 0 saturated carbocycles. The standard InChI is InChI=1S/C9H16N2/c1-5-10-7-9(8(3)4)11-6-2/h6-8H,2,5H2,1,3-4H3/b10-7-,11-9+. The number of aliphatic imine (C=N–C) groups is 2. The Morgan fingerprint density at radius 3 is 2.55 bits per heavy atom. The third-order valence-electron chi connectivity index (χ3n) is 1.24. The molecule has 2 nitrogen and oxygen atoms in total. The van der Waals surface area contributed by atoms with Crippen molar-refractivity contribution in [2.45, 2.75) is 20.8 Å². The third-order valence-corrected chi connectivity index (χ3v) is 1.24. The van der Waals surface area contributed by atoms with Crippen LogP contribution >= 0.6 is 0 Å². The zero-order valence-corrected chi connectivity index (χ0v) is 7.54. The highest BCUT2D eigenvalue weighted by Gasteiger charge is 1.98. The van der Waals surface area contributed by atoms with Gasteiger partial charge in [-0.15, -0.1) is 0 Å². The Kier molecular flexibility index (Phi) is 5.35. The van der Waals surface area contributed by atoms with E-state index in [1.54, 1.807) is 6.20 Å². The number of rotatable bonds is 4. The SMILES string of the molecule is C=C/N=C(\C=N/CC)C(C)C. The Morgan fingerprint density at radius 1 is 1.55 bits per heavy atom. The molecule has 0 aromatic heterocycles. The predicted molar refractivity (Wildman–Crippen MR) is 51.5 cm³/mol. The second-order valence-electron chi connectivity index (χ2n) is 2.52. The van der Waals surface area contributed by atoms with Gasteiger partial charge in [0, 0.05) is 19.0 Å². The molecule has 0 amide bonds. The van der Waals surface area contributed by atoms with Gasteiger partial charge in [-0.1, -0.05) is 20.4 Å². The fourth-order valence-corrected chi connectivity index (χ4v) is 0.622. The summed E-state index contributed by atoms with van der Waals surface area (Å²) in [5, 5.41) is 0. The fourth-order valence-electron chi connectivity index (χ4n) is 0.622. The van der Waals surface area contributed by atoms with Crippen LogP contribution in [0.15, 0.2) is 22.8 Å². The zero-order chi connectivity index (χ0) is 8.69. The Bertz CT molecular complexity index is 166. The van der Waals surface area contributed by atoms with Crippen molar-refractivity contribution < 1.29 is 0 Å². The highest BCUT2D eigenvalue weighted by Crippen LogP contribution is 1.95. The molecule has 0 aliphatic heterocycles. The second-order valence-corrected chi connectivity index (χ2v) is 2.52. The summed E-state index contributed by atoms with van der Waals surface area (Å²) in [7, 11) is 0. The molecule has 0 unspecified atom stereocenters. The number of hydrogen-bond acceptors (Lipinski definition) is 2. The van der Waals surface area contributed by atoms with Crippen molar-refractivity contribution in [3.63, 3.8) is 0 Å². The molecule has 0 saturated heterocycles. The van der Waals surface area contributed by atoms with E-state index in [1.165, 1.54) is 0 Å². The lowest BCUT2D eigenvalue weighted by molar-refractivity contribution is 0.895. The smallest absolute Gasteiger partial charge is 0.0606 e. The molecule has 0 bridgehead atoms. The monoisotopic (exact) mass is 152 g/mol. The molecular formula is C9H16N2. The summed E-state index contributed by atoms with van der Waals surface area (Å²) in [5.41, 5.74) is 0.988. The van der Waals surface area contributed by atoms with E-state index in [-0.39, 0.29) is 0 Å². The molecule has 0 radical (unpaired) electrons. The van der Waals surface area contributed by atoms with Gasteiger partial charge in [0.15, 0.2) is 0 Å². The molecule has 62 valence electrons. The average Bonchev–Trinajstić information content (AvgIpc) is 1.97. The van der Waals surface area contributed by atoms with E-state index in [4.69, 9.17) is 0 Å². The van der Waals surface area contributed by atoms with E-state index in [1.807, 2.05) is 13.1 Å². The van der Waals surface area contributed by atoms with Crippen LogP contribution in [-0.2, 0) is 0 Å². The summed E-state index contributed by atoms with van der Waals surface area (Å²) in [5.74, 6) is 0.420. The van der Waals surface area contributed by atoms with Gasteiger partial charge in [-0.2, -0.15) is 0 Å². The zero-order valence-electron chi connectivity index (χ0n) is 7.54. The van der Waals surface area contributed by atoms with Crippen molar-refractivity contribution in [1.29, 1.82) is 0 Å². The van der Waals surface area contributed by atoms with Crippen LogP contribution < -0.4 is 0 Å². The molecule has 0 heterocycles. The molecule has 0 aromatic rings. The van der Waals surface area contributed by atoms with Gasteiger partial charge < -0.3 is 0 Å². The van der Waals surface area contributed by atoms with Crippen molar-refractivity contribution in [2.24, 2.45) is 15.9 Å². The summed E-state index contributed by atoms with van der Waals surface area (Å²) in [6.45, 7) is 10.5. The van der Waals surface area contributed by atoms with E-state index in [9.17, 15) is 0 Å². The first kappa shape index (κ1) is 10.1. The molecule has 0 N–H and O–H groups in total. The lowest BCUT2D eigenvalue weighted by Crippen LogP contribution is -2.08. The Balaban J connectivity index is 4.22. The topological polar surface area (TPSA) is 24.7 Å². The van der Waals surface area contributed by atoms with Crippen LogP contribution in [0.5, 0.6) is 0 Å². The molecule has 11 heavy (non-hydrogen) atoms. The molecule has 0 rings (SSSR count). The molecule has 0 atom stereocenters. The summed E-state index contributed by atoms with van der Waals surface area (Å²) >= 11 is 0. The lowest BCUT2D eigenvalue weighted by Gasteiger charge is -2.01. The number of hydrogen-bond donors (Lipinski definition) is 0. The van der Waals surface area contributed by atoms with Gasteiger partial charge in [0.2, 0.25) is 0 Å². The van der Waals surface area contributed by atoms with Crippen molar-refractivity contribution in [3.8, 4) is 0 Å². The first-order valence-electron chi connectivity index (χ1n) is 3.90. The maximum atomic E-state index is 4.11. The Labute approximate surface area is 68.8 Å². The van der Waals surface area contributed by atoms with E-state index >= 15 is 0 Å². The second kappa shape index (κ2) is 5.83. The van der Waals surface area contributed by atoms with Crippen LogP contribution in [0, 0.1) is 5.92 Å². The number of nitrogens with zero attached hydrogens (tertiary/aromatic N) is 2. The quantitative estimate of drug-likeness (QED) is 0.552. The highest BCUT2D eigenvalue weighted by molar-refractivity contribution is 6.31. The minimum absolute atomic E-state index is 0.420. The van der Waals surface area contributed by atoms with E-state index in [2.05, 4.69) is 30.4 Å². The van der Waals surface area contributed by atoms with Crippen LogP contribution in [0.3, 0.4) is 0 Å². The van der Waals surface area contributed by atoms with Gasteiger partial charge >= 0.3 is 0 Å². The molecule has 0 aromatic carbocycles. The minimum atomic E-state index is 0.420. The molecule has 0 aliphatic rings. The van der Waals surface area contributed by atoms with Crippen LogP contribution in [0.25, 0.3) is 0 Å². The van der Waals surface area contributed by atoms with Gasteiger partial charge in [-0.3, -0.25) is 9.98 Å². The third kappa shape index (κ3) is 4.48. The van der Waals surface area contributed by atoms with E-state index in [0.717, 1.165) is 12.3 Å². The first-order chi connectivity index (χ1) is 5.22. The molecule has 0 spiro atoms. The van der Waals surface area contributed by atoms with Crippen molar-refractivity contribution in [2.75, 3.05) is 6.54 Å². The van der Waals surface area contributed by atoms with Gasteiger partial charge in [-0.25, -0.2) is 0 Å². The Hall–Kier alpha value is -0.920. The highest BCUT2D eigenvalue weighted by atomic mass is 14.8. The normalized spacial score (nSPS) is 12.9. The first-order valence-corrected chi connectivity index (χ1v) is 3.90. The average molecular weight is 152 g/mol. The summed E-state index contributed by atoms with van der Waals surface area (Å²) < 4.78 is 0. The van der Waals surface area contributed by atoms with Crippen molar-refractivity contribution in [1.82, 2.24) is 0 Å². The Morgan fingerprint density at radius 2 is 2.18 bits per heavy atom. The van der Waals surface area contributed by atoms with Gasteiger partial charge in [-0.05, 0) is 12.8 Å². The molecule has 0 aliphatic carbocycles. The van der Waals surface area contributed by atoms with Gasteiger partial charge in [0.1, 0.15) is 0 Å². The van der Waals surface area contributed by atoms with Crippen LogP contribution in [-0.4, -0.2) is 18.5 Å². The van der Waals surface area contributed by atoms with Crippen LogP contribution in [0.1, 0.15) is 20.8 Å². The summed E-state index contributed by atoms with van der Waals surface area (Å²) in [6, 6.07) is 0.